The van der Waals surface area contributed by atoms with Crippen LogP contribution in [0.4, 0.5) is 0 Å². The predicted molar refractivity (Wildman–Crippen MR) is 82.3 cm³/mol. The van der Waals surface area contributed by atoms with Gasteiger partial charge in [0, 0.05) is 31.6 Å². The summed E-state index contributed by atoms with van der Waals surface area (Å²) in [4.78, 5) is 21.1. The molecule has 0 atom stereocenters. The highest BCUT2D eigenvalue weighted by Crippen LogP contribution is 2.19. The standard InChI is InChI=1S/C15H27N5O/c1-6-20-9-7-11(8-10-20)19(5)13(21)12-16-14(18-17-12)15(2,3)4/h11H,6-10H2,1-5H3,(H,16,17,18). The van der Waals surface area contributed by atoms with Crippen LogP contribution in [0.5, 0.6) is 0 Å². The lowest BCUT2D eigenvalue weighted by Gasteiger charge is -2.35. The quantitative estimate of drug-likeness (QED) is 0.920. The molecule has 0 bridgehead atoms. The average Bonchev–Trinajstić information content (AvgIpc) is 2.95. The molecular weight excluding hydrogens is 266 g/mol. The van der Waals surface area contributed by atoms with Crippen molar-refractivity contribution in [3.05, 3.63) is 11.6 Å². The van der Waals surface area contributed by atoms with E-state index in [0.29, 0.717) is 0 Å². The maximum atomic E-state index is 12.5. The van der Waals surface area contributed by atoms with Gasteiger partial charge in [-0.2, -0.15) is 0 Å². The zero-order chi connectivity index (χ0) is 15.6. The van der Waals surface area contributed by atoms with Gasteiger partial charge in [0.25, 0.3) is 5.91 Å². The smallest absolute Gasteiger partial charge is 0.293 e. The van der Waals surface area contributed by atoms with Crippen LogP contribution in [0.1, 0.15) is 57.0 Å². The summed E-state index contributed by atoms with van der Waals surface area (Å²) in [5.41, 5.74) is -0.128. The summed E-state index contributed by atoms with van der Waals surface area (Å²) in [6, 6.07) is 0.289. The number of rotatable bonds is 3. The van der Waals surface area contributed by atoms with Gasteiger partial charge < -0.3 is 9.80 Å². The second-order valence-corrected chi connectivity index (χ2v) is 6.84. The van der Waals surface area contributed by atoms with E-state index >= 15 is 0 Å². The third-order valence-electron chi connectivity index (χ3n) is 4.26. The number of aromatic amines is 1. The molecule has 0 saturated carbocycles. The Labute approximate surface area is 126 Å². The Morgan fingerprint density at radius 3 is 2.48 bits per heavy atom. The highest BCUT2D eigenvalue weighted by atomic mass is 16.2. The third kappa shape index (κ3) is 3.61. The number of carbonyl (C=O) groups excluding carboxylic acids is 1. The minimum Gasteiger partial charge on any atom is -0.336 e. The first-order chi connectivity index (χ1) is 9.82. The molecule has 0 aliphatic carbocycles. The number of aromatic nitrogens is 3. The predicted octanol–water partition coefficient (Wildman–Crippen LogP) is 1.66. The Morgan fingerprint density at radius 1 is 1.38 bits per heavy atom. The Balaban J connectivity index is 2.01. The molecule has 2 heterocycles. The molecular formula is C15H27N5O. The van der Waals surface area contributed by atoms with Gasteiger partial charge in [0.2, 0.25) is 5.82 Å². The van der Waals surface area contributed by atoms with Crippen LogP contribution >= 0.6 is 0 Å². The van der Waals surface area contributed by atoms with E-state index in [1.54, 1.807) is 0 Å². The molecule has 0 spiro atoms. The summed E-state index contributed by atoms with van der Waals surface area (Å²) in [6.45, 7) is 11.5. The second kappa shape index (κ2) is 6.13. The van der Waals surface area contributed by atoms with E-state index in [1.165, 1.54) is 0 Å². The first-order valence-electron chi connectivity index (χ1n) is 7.75. The fraction of sp³-hybridized carbons (Fsp3) is 0.800. The highest BCUT2D eigenvalue weighted by molar-refractivity contribution is 5.90. The van der Waals surface area contributed by atoms with Gasteiger partial charge in [-0.05, 0) is 19.4 Å². The molecule has 1 aromatic heterocycles. The van der Waals surface area contributed by atoms with Crippen molar-refractivity contribution >= 4 is 5.91 Å². The van der Waals surface area contributed by atoms with Crippen LogP contribution in [0.2, 0.25) is 0 Å². The largest absolute Gasteiger partial charge is 0.336 e. The first kappa shape index (κ1) is 15.9. The monoisotopic (exact) mass is 293 g/mol. The van der Waals surface area contributed by atoms with E-state index in [2.05, 4.69) is 27.0 Å². The zero-order valence-electron chi connectivity index (χ0n) is 13.8. The van der Waals surface area contributed by atoms with E-state index in [0.717, 1.165) is 38.3 Å². The molecule has 1 amide bonds. The van der Waals surface area contributed by atoms with E-state index in [1.807, 2.05) is 32.7 Å². The van der Waals surface area contributed by atoms with E-state index in [9.17, 15) is 4.79 Å². The minimum absolute atomic E-state index is 0.0864. The van der Waals surface area contributed by atoms with Crippen molar-refractivity contribution in [2.24, 2.45) is 0 Å². The van der Waals surface area contributed by atoms with Crippen LogP contribution < -0.4 is 0 Å². The summed E-state index contributed by atoms with van der Waals surface area (Å²) < 4.78 is 0. The Morgan fingerprint density at radius 2 is 2.00 bits per heavy atom. The maximum absolute atomic E-state index is 12.5. The number of hydrogen-bond donors (Lipinski definition) is 1. The van der Waals surface area contributed by atoms with Gasteiger partial charge in [0.1, 0.15) is 5.82 Å². The van der Waals surface area contributed by atoms with Gasteiger partial charge in [-0.15, -0.1) is 5.10 Å². The van der Waals surface area contributed by atoms with Gasteiger partial charge in [-0.3, -0.25) is 9.89 Å². The summed E-state index contributed by atoms with van der Waals surface area (Å²) in [6.07, 6.45) is 2.04. The van der Waals surface area contributed by atoms with Crippen molar-refractivity contribution in [1.82, 2.24) is 25.0 Å². The van der Waals surface area contributed by atoms with Crippen molar-refractivity contribution < 1.29 is 4.79 Å². The summed E-state index contributed by atoms with van der Waals surface area (Å²) in [7, 11) is 1.86. The van der Waals surface area contributed by atoms with Crippen LogP contribution in [-0.2, 0) is 5.41 Å². The first-order valence-corrected chi connectivity index (χ1v) is 7.75. The lowest BCUT2D eigenvalue weighted by atomic mass is 9.96. The normalized spacial score (nSPS) is 18.0. The van der Waals surface area contributed by atoms with E-state index < -0.39 is 0 Å². The molecule has 1 aliphatic rings. The van der Waals surface area contributed by atoms with Crippen LogP contribution in [0.15, 0.2) is 0 Å². The molecule has 0 aromatic carbocycles. The van der Waals surface area contributed by atoms with Crippen molar-refractivity contribution in [2.75, 3.05) is 26.7 Å². The number of amides is 1. The molecule has 6 nitrogen and oxygen atoms in total. The van der Waals surface area contributed by atoms with Crippen LogP contribution in [0.3, 0.4) is 0 Å². The highest BCUT2D eigenvalue weighted by Gasteiger charge is 2.28. The number of likely N-dealkylation sites (tertiary alicyclic amines) is 1. The van der Waals surface area contributed by atoms with Crippen molar-refractivity contribution in [3.8, 4) is 0 Å². The molecule has 118 valence electrons. The molecule has 1 fully saturated rings. The average molecular weight is 293 g/mol. The maximum Gasteiger partial charge on any atom is 0.293 e. The molecule has 6 heteroatoms. The summed E-state index contributed by atoms with van der Waals surface area (Å²) in [5.74, 6) is 0.942. The van der Waals surface area contributed by atoms with Gasteiger partial charge in [0.05, 0.1) is 0 Å². The van der Waals surface area contributed by atoms with Crippen LogP contribution in [0.25, 0.3) is 0 Å². The molecule has 0 unspecified atom stereocenters. The van der Waals surface area contributed by atoms with Gasteiger partial charge in [-0.1, -0.05) is 27.7 Å². The van der Waals surface area contributed by atoms with Crippen LogP contribution in [0, 0.1) is 0 Å². The molecule has 1 N–H and O–H groups in total. The van der Waals surface area contributed by atoms with Crippen LogP contribution in [-0.4, -0.2) is 63.6 Å². The van der Waals surface area contributed by atoms with Crippen molar-refractivity contribution in [2.45, 2.75) is 52.0 Å². The molecule has 21 heavy (non-hydrogen) atoms. The SMILES string of the molecule is CCN1CCC(N(C)C(=O)c2n[nH]c(C(C)(C)C)n2)CC1. The zero-order valence-corrected chi connectivity index (χ0v) is 13.8. The van der Waals surface area contributed by atoms with E-state index in [-0.39, 0.29) is 23.2 Å². The fourth-order valence-corrected chi connectivity index (χ4v) is 2.64. The van der Waals surface area contributed by atoms with Crippen molar-refractivity contribution in [3.63, 3.8) is 0 Å². The van der Waals surface area contributed by atoms with E-state index in [4.69, 9.17) is 0 Å². The second-order valence-electron chi connectivity index (χ2n) is 6.84. The Hall–Kier alpha value is -1.43. The summed E-state index contributed by atoms with van der Waals surface area (Å²) in [5, 5.41) is 6.98. The summed E-state index contributed by atoms with van der Waals surface area (Å²) >= 11 is 0. The van der Waals surface area contributed by atoms with Gasteiger partial charge in [-0.25, -0.2) is 4.98 Å². The topological polar surface area (TPSA) is 65.1 Å². The Bertz CT molecular complexity index is 482. The van der Waals surface area contributed by atoms with Crippen molar-refractivity contribution in [1.29, 1.82) is 0 Å². The molecule has 2 rings (SSSR count). The molecule has 0 radical (unpaired) electrons. The number of nitrogens with zero attached hydrogens (tertiary/aromatic N) is 4. The lowest BCUT2D eigenvalue weighted by molar-refractivity contribution is 0.0635. The Kier molecular flexibility index (Phi) is 4.66. The van der Waals surface area contributed by atoms with Gasteiger partial charge in [0.15, 0.2) is 0 Å². The number of piperidine rings is 1. The molecule has 1 aromatic rings. The molecule has 1 aliphatic heterocycles. The minimum atomic E-state index is -0.128. The molecule has 1 saturated heterocycles. The lowest BCUT2D eigenvalue weighted by Crippen LogP contribution is -2.45. The fourth-order valence-electron chi connectivity index (χ4n) is 2.64. The number of hydrogen-bond acceptors (Lipinski definition) is 4. The number of H-pyrrole nitrogens is 1. The number of carbonyl (C=O) groups is 1. The third-order valence-corrected chi connectivity index (χ3v) is 4.26. The number of nitrogens with one attached hydrogen (secondary N) is 1. The van der Waals surface area contributed by atoms with Gasteiger partial charge >= 0.3 is 0 Å².